The van der Waals surface area contributed by atoms with Crippen LogP contribution in [0.15, 0.2) is 0 Å². The zero-order valence-electron chi connectivity index (χ0n) is 33.5. The number of fused-ring (bicyclic) bond motifs is 10. The summed E-state index contributed by atoms with van der Waals surface area (Å²) in [6.07, 6.45) is 12.2. The minimum absolute atomic E-state index is 0. The summed E-state index contributed by atoms with van der Waals surface area (Å²) in [7, 11) is 4.33. The van der Waals surface area contributed by atoms with Crippen LogP contribution in [0.2, 0.25) is 0 Å². The van der Waals surface area contributed by atoms with Gasteiger partial charge in [0.05, 0.1) is 23.0 Å². The molecule has 8 bridgehead atoms. The van der Waals surface area contributed by atoms with Gasteiger partial charge in [0.25, 0.3) is 0 Å². The number of nitrogens with zero attached hydrogens (tertiary/aromatic N) is 10. The van der Waals surface area contributed by atoms with Gasteiger partial charge in [-0.2, -0.15) is 0 Å². The summed E-state index contributed by atoms with van der Waals surface area (Å²) in [6, 6.07) is 0.572. The van der Waals surface area contributed by atoms with Gasteiger partial charge in [0, 0.05) is 48.8 Å². The Labute approximate surface area is 323 Å². The Kier molecular flexibility index (Phi) is 13.1. The first-order valence-electron chi connectivity index (χ1n) is 19.8. The molecule has 3 aliphatic heterocycles. The maximum Gasteiger partial charge on any atom is 2.00 e. The predicted molar refractivity (Wildman–Crippen MR) is 209 cm³/mol. The number of hydrogen-bond acceptors (Lipinski definition) is 8. The number of rotatable bonds is 12. The molecule has 52 heavy (non-hydrogen) atoms. The molecule has 3 aliphatic rings. The number of aryl methyl sites for hydroxylation is 4. The SMILES string of the molecule is CCCC1=C(CCC)c2nc1nc1[n-]c(nc3nc(nc4[n-]c(n2)c(CCC)c4CCC)C2=C3N(C)C(C)CC(C)N2C)c(CCC)c1CCC.[Zn+2]. The summed E-state index contributed by atoms with van der Waals surface area (Å²) in [6.45, 7) is 17.9. The summed E-state index contributed by atoms with van der Waals surface area (Å²) >= 11 is 0. The Morgan fingerprint density at radius 1 is 0.462 bits per heavy atom. The van der Waals surface area contributed by atoms with Crippen LogP contribution in [0.1, 0.15) is 159 Å². The van der Waals surface area contributed by atoms with E-state index < -0.39 is 0 Å². The van der Waals surface area contributed by atoms with Crippen LogP contribution >= 0.6 is 0 Å². The van der Waals surface area contributed by atoms with Gasteiger partial charge in [-0.05, 0) is 92.2 Å². The maximum absolute atomic E-state index is 5.37. The summed E-state index contributed by atoms with van der Waals surface area (Å²) in [5.74, 6) is 2.79. The molecule has 0 N–H and O–H groups in total. The van der Waals surface area contributed by atoms with E-state index in [4.69, 9.17) is 39.9 Å². The fourth-order valence-electron chi connectivity index (χ4n) is 8.02. The molecule has 6 heterocycles. The summed E-state index contributed by atoms with van der Waals surface area (Å²) in [4.78, 5) is 47.1. The van der Waals surface area contributed by atoms with Crippen LogP contribution in [0.3, 0.4) is 0 Å². The van der Waals surface area contributed by atoms with Crippen molar-refractivity contribution in [2.24, 2.45) is 0 Å². The second kappa shape index (κ2) is 17.1. The van der Waals surface area contributed by atoms with E-state index in [1.165, 1.54) is 33.4 Å². The second-order valence-corrected chi connectivity index (χ2v) is 14.7. The molecule has 0 aliphatic carbocycles. The van der Waals surface area contributed by atoms with Crippen molar-refractivity contribution in [3.63, 3.8) is 0 Å². The van der Waals surface area contributed by atoms with E-state index in [1.54, 1.807) is 0 Å². The first kappa shape index (κ1) is 39.7. The third-order valence-corrected chi connectivity index (χ3v) is 10.8. The molecule has 0 spiro atoms. The van der Waals surface area contributed by atoms with E-state index in [0.717, 1.165) is 118 Å². The van der Waals surface area contributed by atoms with E-state index in [0.29, 0.717) is 22.9 Å². The predicted octanol–water partition coefficient (Wildman–Crippen LogP) is 8.34. The molecule has 274 valence electrons. The topological polar surface area (TPSA) is 112 Å². The number of allylic oxidation sites excluding steroid dienone is 2. The first-order valence-corrected chi connectivity index (χ1v) is 19.8. The van der Waals surface area contributed by atoms with Crippen molar-refractivity contribution in [3.05, 3.63) is 45.6 Å². The van der Waals surface area contributed by atoms with E-state index in [1.807, 2.05) is 0 Å². The van der Waals surface area contributed by atoms with Crippen LogP contribution in [0.5, 0.6) is 0 Å². The Balaban J connectivity index is 0.00000523. The molecule has 3 aromatic rings. The molecular weight excluding hydrogens is 698 g/mol. The summed E-state index contributed by atoms with van der Waals surface area (Å²) in [5, 5.41) is 0. The molecule has 2 atom stereocenters. The van der Waals surface area contributed by atoms with Gasteiger partial charge in [-0.25, -0.2) is 9.97 Å². The van der Waals surface area contributed by atoms with Gasteiger partial charge in [-0.3, -0.25) is 0 Å². The maximum atomic E-state index is 5.37. The van der Waals surface area contributed by atoms with Crippen molar-refractivity contribution in [1.29, 1.82) is 0 Å². The summed E-state index contributed by atoms with van der Waals surface area (Å²) in [5.41, 5.74) is 12.0. The third-order valence-electron chi connectivity index (χ3n) is 10.8. The first-order chi connectivity index (χ1) is 24.7. The number of hydrogen-bond donors (Lipinski definition) is 0. The molecule has 0 fully saturated rings. The molecule has 0 radical (unpaired) electrons. The van der Waals surface area contributed by atoms with Crippen LogP contribution < -0.4 is 9.97 Å². The molecule has 3 aromatic heterocycles. The van der Waals surface area contributed by atoms with E-state index in [-0.39, 0.29) is 31.6 Å². The van der Waals surface area contributed by atoms with Crippen LogP contribution in [-0.4, -0.2) is 65.9 Å². The van der Waals surface area contributed by atoms with E-state index >= 15 is 0 Å². The van der Waals surface area contributed by atoms with Gasteiger partial charge < -0.3 is 39.7 Å². The van der Waals surface area contributed by atoms with Gasteiger partial charge in [0.1, 0.15) is 11.6 Å². The fourth-order valence-corrected chi connectivity index (χ4v) is 8.02. The van der Waals surface area contributed by atoms with Crippen molar-refractivity contribution in [3.8, 4) is 0 Å². The average Bonchev–Trinajstić information content (AvgIpc) is 3.79. The Morgan fingerprint density at radius 3 is 1.06 bits per heavy atom. The molecule has 0 saturated heterocycles. The van der Waals surface area contributed by atoms with Gasteiger partial charge in [-0.1, -0.05) is 80.1 Å². The van der Waals surface area contributed by atoms with Crippen LogP contribution in [0, 0.1) is 0 Å². The van der Waals surface area contributed by atoms with Gasteiger partial charge >= 0.3 is 19.5 Å². The molecule has 2 unspecified atom stereocenters. The van der Waals surface area contributed by atoms with Crippen molar-refractivity contribution in [1.82, 2.24) is 49.7 Å². The van der Waals surface area contributed by atoms with Crippen molar-refractivity contribution in [2.75, 3.05) is 14.1 Å². The van der Waals surface area contributed by atoms with Crippen LogP contribution in [-0.2, 0) is 45.2 Å². The van der Waals surface area contributed by atoms with Crippen molar-refractivity contribution in [2.45, 2.75) is 151 Å². The minimum atomic E-state index is 0. The molecule has 11 heteroatoms. The normalized spacial score (nSPS) is 17.5. The fraction of sp³-hybridized carbons (Fsp3) is 0.610. The summed E-state index contributed by atoms with van der Waals surface area (Å²) < 4.78 is 0. The minimum Gasteiger partial charge on any atom is -0.368 e. The standard InChI is InChI=1S/C41H58N10.Zn/c1-11-17-26-27(18-12-2)35-42-34(26)43-36-28(19-13-3)30(21-15-5)38(45-36)47-40-32-33(51(10)25(8)23-24(7)50(32)9)41(49-40)48-39-31(22-16-6)29(20-14-4)37(44-35)46-39;/h24-25H,11-23H2,1-10H3;/q-2;+2. The van der Waals surface area contributed by atoms with Crippen molar-refractivity contribution >= 4 is 45.1 Å². The second-order valence-electron chi connectivity index (χ2n) is 14.7. The van der Waals surface area contributed by atoms with Crippen molar-refractivity contribution < 1.29 is 19.5 Å². The molecule has 10 nitrogen and oxygen atoms in total. The van der Waals surface area contributed by atoms with Gasteiger partial charge in [-0.15, -0.1) is 0 Å². The molecule has 6 rings (SSSR count). The Bertz CT molecular complexity index is 1850. The van der Waals surface area contributed by atoms with Crippen LogP contribution in [0.25, 0.3) is 45.1 Å². The molecule has 0 saturated carbocycles. The Morgan fingerprint density at radius 2 is 0.750 bits per heavy atom. The molecular formula is C41H58N10Zn. The largest absolute Gasteiger partial charge is 2.00 e. The quantitative estimate of drug-likeness (QED) is 0.167. The average molecular weight is 756 g/mol. The van der Waals surface area contributed by atoms with Gasteiger partial charge in [0.15, 0.2) is 0 Å². The number of aromatic nitrogens is 8. The Hall–Kier alpha value is -3.46. The van der Waals surface area contributed by atoms with E-state index in [9.17, 15) is 0 Å². The zero-order valence-corrected chi connectivity index (χ0v) is 36.5. The molecule has 0 amide bonds. The molecule has 0 aromatic carbocycles. The van der Waals surface area contributed by atoms with Gasteiger partial charge in [0.2, 0.25) is 0 Å². The third kappa shape index (κ3) is 7.36. The zero-order chi connectivity index (χ0) is 36.4. The smallest absolute Gasteiger partial charge is 0.368 e. The van der Waals surface area contributed by atoms with E-state index in [2.05, 4.69) is 79.3 Å². The van der Waals surface area contributed by atoms with Crippen LogP contribution in [0.4, 0.5) is 0 Å². The monoisotopic (exact) mass is 754 g/mol.